The maximum absolute atomic E-state index is 11.0. The Morgan fingerprint density at radius 1 is 1.04 bits per heavy atom. The van der Waals surface area contributed by atoms with E-state index >= 15 is 0 Å². The van der Waals surface area contributed by atoms with Crippen LogP contribution in [-0.4, -0.2) is 43.5 Å². The minimum atomic E-state index is -0.853. The number of carbonyl (C=O) groups excluding carboxylic acids is 2. The maximum Gasteiger partial charge on any atom is 0.302 e. The van der Waals surface area contributed by atoms with Crippen LogP contribution in [0.2, 0.25) is 0 Å². The number of carbonyl (C=O) groups is 2. The van der Waals surface area contributed by atoms with Crippen LogP contribution in [-0.2, 0) is 30.4 Å². The van der Waals surface area contributed by atoms with Gasteiger partial charge < -0.3 is 19.3 Å². The van der Waals surface area contributed by atoms with Gasteiger partial charge in [0.2, 0.25) is 0 Å². The van der Waals surface area contributed by atoms with Crippen molar-refractivity contribution in [2.24, 2.45) is 5.41 Å². The molecule has 23 heavy (non-hydrogen) atoms. The molecule has 0 fully saturated rings. The third-order valence-electron chi connectivity index (χ3n) is 3.39. The van der Waals surface area contributed by atoms with Crippen molar-refractivity contribution in [3.05, 3.63) is 35.9 Å². The molecule has 0 spiro atoms. The van der Waals surface area contributed by atoms with Crippen LogP contribution in [0.15, 0.2) is 30.3 Å². The number of hydrogen-bond donors (Lipinski definition) is 1. The fourth-order valence-corrected chi connectivity index (χ4v) is 1.92. The molecule has 0 aliphatic heterocycles. The molecule has 1 rings (SSSR count). The zero-order chi connectivity index (χ0) is 17.1. The van der Waals surface area contributed by atoms with E-state index in [0.717, 1.165) is 5.56 Å². The van der Waals surface area contributed by atoms with Crippen LogP contribution in [0.1, 0.15) is 25.8 Å². The molecule has 6 nitrogen and oxygen atoms in total. The first-order valence-corrected chi connectivity index (χ1v) is 7.47. The SMILES string of the molecule is CC(=O)OCC(CO)(CCOCc1ccccc1)COC(C)=O. The van der Waals surface area contributed by atoms with E-state index in [0.29, 0.717) is 19.6 Å². The summed E-state index contributed by atoms with van der Waals surface area (Å²) < 4.78 is 15.6. The molecule has 1 aromatic rings. The van der Waals surface area contributed by atoms with Crippen molar-refractivity contribution in [1.82, 2.24) is 0 Å². The predicted molar refractivity (Wildman–Crippen MR) is 83.5 cm³/mol. The molecule has 128 valence electrons. The van der Waals surface area contributed by atoms with Crippen LogP contribution in [0.3, 0.4) is 0 Å². The Bertz CT molecular complexity index is 467. The Balaban J connectivity index is 2.52. The molecule has 0 heterocycles. The van der Waals surface area contributed by atoms with Crippen LogP contribution < -0.4 is 0 Å². The zero-order valence-corrected chi connectivity index (χ0v) is 13.6. The lowest BCUT2D eigenvalue weighted by molar-refractivity contribution is -0.155. The van der Waals surface area contributed by atoms with E-state index in [1.54, 1.807) is 0 Å². The largest absolute Gasteiger partial charge is 0.465 e. The predicted octanol–water partition coefficient (Wildman–Crippen LogP) is 1.70. The first kappa shape index (κ1) is 19.1. The minimum Gasteiger partial charge on any atom is -0.465 e. The molecule has 0 radical (unpaired) electrons. The lowest BCUT2D eigenvalue weighted by atomic mass is 9.87. The summed E-state index contributed by atoms with van der Waals surface area (Å²) in [6, 6.07) is 9.70. The molecular formula is C17H24O6. The van der Waals surface area contributed by atoms with Gasteiger partial charge in [-0.25, -0.2) is 0 Å². The summed E-state index contributed by atoms with van der Waals surface area (Å²) in [7, 11) is 0. The van der Waals surface area contributed by atoms with Crippen molar-refractivity contribution < 1.29 is 28.9 Å². The summed E-state index contributed by atoms with van der Waals surface area (Å²) in [6.07, 6.45) is 0.400. The van der Waals surface area contributed by atoms with Gasteiger partial charge in [0.05, 0.1) is 18.6 Å². The van der Waals surface area contributed by atoms with Gasteiger partial charge >= 0.3 is 11.9 Å². The van der Waals surface area contributed by atoms with Crippen molar-refractivity contribution in [3.8, 4) is 0 Å². The van der Waals surface area contributed by atoms with Gasteiger partial charge in [0.15, 0.2) is 0 Å². The van der Waals surface area contributed by atoms with Crippen molar-refractivity contribution >= 4 is 11.9 Å². The van der Waals surface area contributed by atoms with Crippen molar-refractivity contribution in [1.29, 1.82) is 0 Å². The van der Waals surface area contributed by atoms with Crippen molar-refractivity contribution in [2.45, 2.75) is 26.9 Å². The fourth-order valence-electron chi connectivity index (χ4n) is 1.92. The van der Waals surface area contributed by atoms with Crippen molar-refractivity contribution in [2.75, 3.05) is 26.4 Å². The van der Waals surface area contributed by atoms with E-state index in [1.807, 2.05) is 30.3 Å². The Kier molecular flexibility index (Phi) is 8.29. The van der Waals surface area contributed by atoms with E-state index in [2.05, 4.69) is 0 Å². The molecule has 0 unspecified atom stereocenters. The average Bonchev–Trinajstić information content (AvgIpc) is 2.54. The number of esters is 2. The highest BCUT2D eigenvalue weighted by atomic mass is 16.5. The third kappa shape index (κ3) is 7.76. The quantitative estimate of drug-likeness (QED) is 0.521. The molecule has 0 atom stereocenters. The van der Waals surface area contributed by atoms with Crippen molar-refractivity contribution in [3.63, 3.8) is 0 Å². The van der Waals surface area contributed by atoms with Crippen LogP contribution in [0, 0.1) is 5.41 Å². The lowest BCUT2D eigenvalue weighted by Crippen LogP contribution is -2.38. The van der Waals surface area contributed by atoms with Gasteiger partial charge in [-0.05, 0) is 12.0 Å². The second-order valence-electron chi connectivity index (χ2n) is 5.51. The molecule has 0 aromatic heterocycles. The van der Waals surface area contributed by atoms with Gasteiger partial charge in [0, 0.05) is 20.5 Å². The molecule has 0 aliphatic rings. The second-order valence-corrected chi connectivity index (χ2v) is 5.51. The number of ether oxygens (including phenoxy) is 3. The first-order valence-electron chi connectivity index (χ1n) is 7.47. The Hall–Kier alpha value is -1.92. The summed E-state index contributed by atoms with van der Waals surface area (Å²) in [5, 5.41) is 9.68. The van der Waals surface area contributed by atoms with Crippen LogP contribution in [0.5, 0.6) is 0 Å². The molecule has 1 N–H and O–H groups in total. The molecule has 0 aliphatic carbocycles. The van der Waals surface area contributed by atoms with E-state index in [4.69, 9.17) is 14.2 Å². The first-order chi connectivity index (χ1) is 11.0. The Morgan fingerprint density at radius 2 is 1.61 bits per heavy atom. The molecule has 0 saturated carbocycles. The zero-order valence-electron chi connectivity index (χ0n) is 13.6. The summed E-state index contributed by atoms with van der Waals surface area (Å²) in [4.78, 5) is 22.0. The molecular weight excluding hydrogens is 300 g/mol. The summed E-state index contributed by atoms with van der Waals surface area (Å²) in [5.74, 6) is -0.897. The van der Waals surface area contributed by atoms with Gasteiger partial charge in [-0.2, -0.15) is 0 Å². The third-order valence-corrected chi connectivity index (χ3v) is 3.39. The van der Waals surface area contributed by atoms with Crippen LogP contribution in [0.4, 0.5) is 0 Å². The van der Waals surface area contributed by atoms with E-state index in [-0.39, 0.29) is 19.8 Å². The highest BCUT2D eigenvalue weighted by Crippen LogP contribution is 2.23. The van der Waals surface area contributed by atoms with Gasteiger partial charge in [-0.3, -0.25) is 9.59 Å². The van der Waals surface area contributed by atoms with Gasteiger partial charge in [-0.15, -0.1) is 0 Å². The number of rotatable bonds is 10. The van der Waals surface area contributed by atoms with Gasteiger partial charge in [-0.1, -0.05) is 30.3 Å². The molecule has 6 heteroatoms. The van der Waals surface area contributed by atoms with E-state index in [9.17, 15) is 14.7 Å². The molecule has 0 bridgehead atoms. The standard InChI is InChI=1S/C17H24O6/c1-14(19)22-12-17(11-18,13-23-15(2)20)8-9-21-10-16-6-4-3-5-7-16/h3-7,18H,8-13H2,1-2H3. The highest BCUT2D eigenvalue weighted by molar-refractivity contribution is 5.66. The topological polar surface area (TPSA) is 82.1 Å². The monoisotopic (exact) mass is 324 g/mol. The van der Waals surface area contributed by atoms with Crippen LogP contribution >= 0.6 is 0 Å². The lowest BCUT2D eigenvalue weighted by Gasteiger charge is -2.30. The number of hydrogen-bond acceptors (Lipinski definition) is 6. The summed E-state index contributed by atoms with van der Waals surface area (Å²) in [5.41, 5.74) is 0.190. The highest BCUT2D eigenvalue weighted by Gasteiger charge is 2.32. The molecule has 0 amide bonds. The van der Waals surface area contributed by atoms with E-state index in [1.165, 1.54) is 13.8 Å². The second kappa shape index (κ2) is 9.97. The van der Waals surface area contributed by atoms with Gasteiger partial charge in [0.1, 0.15) is 13.2 Å². The number of aliphatic hydroxyl groups is 1. The average molecular weight is 324 g/mol. The summed E-state index contributed by atoms with van der Waals surface area (Å²) >= 11 is 0. The molecule has 0 saturated heterocycles. The fraction of sp³-hybridized carbons (Fsp3) is 0.529. The van der Waals surface area contributed by atoms with E-state index < -0.39 is 17.4 Å². The molecule has 1 aromatic carbocycles. The normalized spacial score (nSPS) is 11.1. The number of benzene rings is 1. The Morgan fingerprint density at radius 3 is 2.09 bits per heavy atom. The number of aliphatic hydroxyl groups excluding tert-OH is 1. The Labute approximate surface area is 136 Å². The minimum absolute atomic E-state index is 0.0270. The maximum atomic E-state index is 11.0. The van der Waals surface area contributed by atoms with Crippen LogP contribution in [0.25, 0.3) is 0 Å². The summed E-state index contributed by atoms with van der Waals surface area (Å²) in [6.45, 7) is 3.05. The van der Waals surface area contributed by atoms with Gasteiger partial charge in [0.25, 0.3) is 0 Å². The smallest absolute Gasteiger partial charge is 0.302 e.